The van der Waals surface area contributed by atoms with E-state index in [1.54, 1.807) is 29.1 Å². The zero-order chi connectivity index (χ0) is 14.0. The van der Waals surface area contributed by atoms with E-state index >= 15 is 0 Å². The van der Waals surface area contributed by atoms with Crippen molar-refractivity contribution >= 4 is 17.2 Å². The number of nitrogen functional groups attached to an aromatic ring is 1. The predicted octanol–water partition coefficient (Wildman–Crippen LogP) is 2.32. The zero-order valence-electron chi connectivity index (χ0n) is 11.3. The fraction of sp³-hybridized carbons (Fsp3) is 0.286. The van der Waals surface area contributed by atoms with Gasteiger partial charge >= 0.3 is 0 Å². The Bertz CT molecular complexity index is 640. The standard InChI is InChI=1S/C14H18N4O/c1-14(2,3)18-8-7-16-12(13(18)19)17-11-6-4-5-10(15)9-11/h4-9H,15H2,1-3H3,(H,16,17). The fourth-order valence-electron chi connectivity index (χ4n) is 1.78. The Labute approximate surface area is 112 Å². The maximum Gasteiger partial charge on any atom is 0.294 e. The molecule has 0 spiro atoms. The highest BCUT2D eigenvalue weighted by atomic mass is 16.1. The number of anilines is 3. The first kappa shape index (κ1) is 13.1. The Kier molecular flexibility index (Phi) is 3.29. The van der Waals surface area contributed by atoms with E-state index in [4.69, 9.17) is 5.73 Å². The van der Waals surface area contributed by atoms with Gasteiger partial charge in [-0.1, -0.05) is 6.07 Å². The molecular weight excluding hydrogens is 240 g/mol. The van der Waals surface area contributed by atoms with E-state index in [2.05, 4.69) is 10.3 Å². The Morgan fingerprint density at radius 3 is 2.68 bits per heavy atom. The van der Waals surface area contributed by atoms with Crippen LogP contribution in [0.25, 0.3) is 0 Å². The second kappa shape index (κ2) is 4.76. The molecule has 0 aliphatic heterocycles. The summed E-state index contributed by atoms with van der Waals surface area (Å²) in [6, 6.07) is 7.21. The summed E-state index contributed by atoms with van der Waals surface area (Å²) in [5.41, 5.74) is 6.65. The van der Waals surface area contributed by atoms with Crippen LogP contribution < -0.4 is 16.6 Å². The van der Waals surface area contributed by atoms with Crippen molar-refractivity contribution in [1.29, 1.82) is 0 Å². The van der Waals surface area contributed by atoms with Gasteiger partial charge in [0.15, 0.2) is 5.82 Å². The van der Waals surface area contributed by atoms with E-state index < -0.39 is 0 Å². The van der Waals surface area contributed by atoms with Crippen LogP contribution in [-0.2, 0) is 5.54 Å². The van der Waals surface area contributed by atoms with Gasteiger partial charge in [0.1, 0.15) is 0 Å². The first-order valence-electron chi connectivity index (χ1n) is 6.08. The van der Waals surface area contributed by atoms with Crippen LogP contribution in [0.1, 0.15) is 20.8 Å². The van der Waals surface area contributed by atoms with E-state index in [0.717, 1.165) is 5.69 Å². The van der Waals surface area contributed by atoms with Gasteiger partial charge in [-0.3, -0.25) is 4.79 Å². The van der Waals surface area contributed by atoms with Crippen LogP contribution in [0, 0.1) is 0 Å². The van der Waals surface area contributed by atoms with Crippen molar-refractivity contribution in [3.63, 3.8) is 0 Å². The van der Waals surface area contributed by atoms with Gasteiger partial charge in [0.25, 0.3) is 5.56 Å². The molecule has 3 N–H and O–H groups in total. The topological polar surface area (TPSA) is 72.9 Å². The van der Waals surface area contributed by atoms with Crippen LogP contribution in [0.2, 0.25) is 0 Å². The molecule has 0 saturated heterocycles. The quantitative estimate of drug-likeness (QED) is 0.811. The van der Waals surface area contributed by atoms with Crippen LogP contribution in [0.5, 0.6) is 0 Å². The molecule has 0 unspecified atom stereocenters. The summed E-state index contributed by atoms with van der Waals surface area (Å²) in [6.07, 6.45) is 3.30. The number of nitrogens with two attached hydrogens (primary N) is 1. The van der Waals surface area contributed by atoms with Crippen molar-refractivity contribution < 1.29 is 0 Å². The predicted molar refractivity (Wildman–Crippen MR) is 77.6 cm³/mol. The lowest BCUT2D eigenvalue weighted by molar-refractivity contribution is 0.383. The van der Waals surface area contributed by atoms with Crippen molar-refractivity contribution in [2.24, 2.45) is 0 Å². The number of nitrogens with one attached hydrogen (secondary N) is 1. The van der Waals surface area contributed by atoms with E-state index in [-0.39, 0.29) is 11.1 Å². The number of benzene rings is 1. The van der Waals surface area contributed by atoms with E-state index in [1.165, 1.54) is 0 Å². The van der Waals surface area contributed by atoms with Crippen molar-refractivity contribution in [3.8, 4) is 0 Å². The Morgan fingerprint density at radius 1 is 1.32 bits per heavy atom. The number of hydrogen-bond donors (Lipinski definition) is 2. The smallest absolute Gasteiger partial charge is 0.294 e. The summed E-state index contributed by atoms with van der Waals surface area (Å²) >= 11 is 0. The van der Waals surface area contributed by atoms with Gasteiger partial charge in [-0.25, -0.2) is 4.98 Å². The zero-order valence-corrected chi connectivity index (χ0v) is 11.3. The SMILES string of the molecule is CC(C)(C)n1ccnc(Nc2cccc(N)c2)c1=O. The lowest BCUT2D eigenvalue weighted by atomic mass is 10.1. The first-order chi connectivity index (χ1) is 8.88. The third kappa shape index (κ3) is 2.93. The van der Waals surface area contributed by atoms with Crippen LogP contribution in [-0.4, -0.2) is 9.55 Å². The summed E-state index contributed by atoms with van der Waals surface area (Å²) in [7, 11) is 0. The number of hydrogen-bond acceptors (Lipinski definition) is 4. The van der Waals surface area contributed by atoms with Crippen molar-refractivity contribution in [3.05, 3.63) is 47.0 Å². The van der Waals surface area contributed by atoms with E-state index in [1.807, 2.05) is 32.9 Å². The van der Waals surface area contributed by atoms with Crippen molar-refractivity contribution in [2.45, 2.75) is 26.3 Å². The van der Waals surface area contributed by atoms with E-state index in [0.29, 0.717) is 11.5 Å². The normalized spacial score (nSPS) is 11.3. The monoisotopic (exact) mass is 258 g/mol. The van der Waals surface area contributed by atoms with Crippen LogP contribution in [0.4, 0.5) is 17.2 Å². The van der Waals surface area contributed by atoms with Crippen LogP contribution in [0.15, 0.2) is 41.5 Å². The van der Waals surface area contributed by atoms with Gasteiger partial charge in [-0.2, -0.15) is 0 Å². The average Bonchev–Trinajstić information content (AvgIpc) is 2.30. The van der Waals surface area contributed by atoms with Gasteiger partial charge in [-0.15, -0.1) is 0 Å². The largest absolute Gasteiger partial charge is 0.399 e. The Morgan fingerprint density at radius 2 is 2.05 bits per heavy atom. The molecule has 0 radical (unpaired) electrons. The van der Waals surface area contributed by atoms with Gasteiger partial charge in [0.2, 0.25) is 0 Å². The second-order valence-electron chi connectivity index (χ2n) is 5.37. The number of rotatable bonds is 2. The highest BCUT2D eigenvalue weighted by Gasteiger charge is 2.16. The molecule has 0 fully saturated rings. The van der Waals surface area contributed by atoms with Crippen molar-refractivity contribution in [1.82, 2.24) is 9.55 Å². The van der Waals surface area contributed by atoms with E-state index in [9.17, 15) is 4.79 Å². The molecule has 5 nitrogen and oxygen atoms in total. The molecule has 0 bridgehead atoms. The van der Waals surface area contributed by atoms with Crippen molar-refractivity contribution in [2.75, 3.05) is 11.1 Å². The molecule has 5 heteroatoms. The minimum atomic E-state index is -0.286. The third-order valence-electron chi connectivity index (χ3n) is 2.71. The van der Waals surface area contributed by atoms with Gasteiger partial charge in [0, 0.05) is 29.3 Å². The minimum absolute atomic E-state index is 0.155. The lowest BCUT2D eigenvalue weighted by Crippen LogP contribution is -2.34. The van der Waals surface area contributed by atoms with Crippen LogP contribution in [0.3, 0.4) is 0 Å². The average molecular weight is 258 g/mol. The molecule has 1 heterocycles. The van der Waals surface area contributed by atoms with Gasteiger partial charge < -0.3 is 15.6 Å². The molecule has 0 atom stereocenters. The fourth-order valence-corrected chi connectivity index (χ4v) is 1.78. The van der Waals surface area contributed by atoms with Gasteiger partial charge in [-0.05, 0) is 39.0 Å². The van der Waals surface area contributed by atoms with Crippen LogP contribution >= 0.6 is 0 Å². The molecule has 2 rings (SSSR count). The molecule has 0 aliphatic carbocycles. The molecule has 0 saturated carbocycles. The Balaban J connectivity index is 2.40. The maximum atomic E-state index is 12.3. The van der Waals surface area contributed by atoms with Gasteiger partial charge in [0.05, 0.1) is 0 Å². The second-order valence-corrected chi connectivity index (χ2v) is 5.37. The summed E-state index contributed by atoms with van der Waals surface area (Å²) in [4.78, 5) is 16.4. The third-order valence-corrected chi connectivity index (χ3v) is 2.71. The highest BCUT2D eigenvalue weighted by Crippen LogP contribution is 2.16. The minimum Gasteiger partial charge on any atom is -0.399 e. The summed E-state index contributed by atoms with van der Waals surface area (Å²) < 4.78 is 1.65. The Hall–Kier alpha value is -2.30. The lowest BCUT2D eigenvalue weighted by Gasteiger charge is -2.22. The summed E-state index contributed by atoms with van der Waals surface area (Å²) in [5, 5.41) is 3.00. The molecule has 0 amide bonds. The number of nitrogens with zero attached hydrogens (tertiary/aromatic N) is 2. The molecule has 1 aromatic heterocycles. The summed E-state index contributed by atoms with van der Waals surface area (Å²) in [5.74, 6) is 0.294. The maximum absolute atomic E-state index is 12.3. The molecule has 100 valence electrons. The molecule has 19 heavy (non-hydrogen) atoms. The molecular formula is C14H18N4O. The summed E-state index contributed by atoms with van der Waals surface area (Å²) in [6.45, 7) is 5.91. The first-order valence-corrected chi connectivity index (χ1v) is 6.08. The molecule has 1 aromatic carbocycles. The molecule has 0 aliphatic rings. The molecule has 2 aromatic rings. The number of aromatic nitrogens is 2. The highest BCUT2D eigenvalue weighted by molar-refractivity contribution is 5.60.